The predicted octanol–water partition coefficient (Wildman–Crippen LogP) is 4.44. The average Bonchev–Trinajstić information content (AvgIpc) is 2.72. The number of alkyl carbamates (subject to hydrolysis) is 1. The van der Waals surface area contributed by atoms with Crippen LogP contribution in [0.1, 0.15) is 78.0 Å². The molecule has 2 unspecified atom stereocenters. The highest BCUT2D eigenvalue weighted by Crippen LogP contribution is 2.24. The van der Waals surface area contributed by atoms with E-state index in [1.165, 1.54) is 4.90 Å². The molecule has 2 N–H and O–H groups in total. The van der Waals surface area contributed by atoms with Crippen molar-refractivity contribution in [2.24, 2.45) is 0 Å². The van der Waals surface area contributed by atoms with E-state index in [0.717, 1.165) is 24.8 Å². The molecule has 0 fully saturated rings. The van der Waals surface area contributed by atoms with E-state index in [2.05, 4.69) is 24.1 Å². The Hall–Kier alpha value is -2.83. The molecule has 1 aromatic rings. The highest BCUT2D eigenvalue weighted by Gasteiger charge is 2.33. The lowest BCUT2D eigenvalue weighted by molar-refractivity contribution is -0.141. The number of likely N-dealkylation sites (N-methyl/N-ethyl adjacent to an activating group) is 1. The summed E-state index contributed by atoms with van der Waals surface area (Å²) in [7, 11) is 0. The molecular formula is C25H39N3O4. The van der Waals surface area contributed by atoms with Crippen molar-refractivity contribution >= 4 is 24.0 Å². The Labute approximate surface area is 192 Å². The van der Waals surface area contributed by atoms with Crippen LogP contribution in [0.25, 0.3) is 6.08 Å². The standard InChI is InChI=1S/C25H39N3O4/c1-8-11-12-16-26-22(29)21(20-15-13-14-19(9-2)17-20)28(10-3)23(30)18(4)27-24(31)32-25(5,6)7/h9,13-15,17-18,21H,2,8,10-12,16H2,1,3-7H3,(H,26,29)(H,27,31). The van der Waals surface area contributed by atoms with E-state index in [9.17, 15) is 14.4 Å². The second kappa shape index (κ2) is 12.9. The van der Waals surface area contributed by atoms with Gasteiger partial charge in [0.1, 0.15) is 17.7 Å². The molecule has 7 nitrogen and oxygen atoms in total. The largest absolute Gasteiger partial charge is 0.444 e. The lowest BCUT2D eigenvalue weighted by Crippen LogP contribution is -2.52. The molecule has 7 heteroatoms. The van der Waals surface area contributed by atoms with Gasteiger partial charge in [-0.1, -0.05) is 50.6 Å². The maximum Gasteiger partial charge on any atom is 0.408 e. The first kappa shape index (κ1) is 27.2. The fourth-order valence-electron chi connectivity index (χ4n) is 3.27. The van der Waals surface area contributed by atoms with Crippen LogP contribution in [0.3, 0.4) is 0 Å². The SMILES string of the molecule is C=Cc1cccc(C(C(=O)NCCCCC)N(CC)C(=O)C(C)NC(=O)OC(C)(C)C)c1. The summed E-state index contributed by atoms with van der Waals surface area (Å²) in [5, 5.41) is 5.54. The van der Waals surface area contributed by atoms with Crippen molar-refractivity contribution in [3.05, 3.63) is 42.0 Å². The number of unbranched alkanes of at least 4 members (excludes halogenated alkanes) is 2. The van der Waals surface area contributed by atoms with E-state index in [4.69, 9.17) is 4.74 Å². The molecule has 2 atom stereocenters. The van der Waals surface area contributed by atoms with Crippen molar-refractivity contribution < 1.29 is 19.1 Å². The molecule has 0 saturated carbocycles. The molecule has 0 aromatic heterocycles. The van der Waals surface area contributed by atoms with Gasteiger partial charge in [-0.25, -0.2) is 4.79 Å². The molecule has 1 rings (SSSR count). The number of nitrogens with zero attached hydrogens (tertiary/aromatic N) is 1. The zero-order chi connectivity index (χ0) is 24.3. The maximum absolute atomic E-state index is 13.3. The summed E-state index contributed by atoms with van der Waals surface area (Å²) in [6, 6.07) is 5.72. The fourth-order valence-corrected chi connectivity index (χ4v) is 3.27. The molecule has 3 amide bonds. The monoisotopic (exact) mass is 445 g/mol. The summed E-state index contributed by atoms with van der Waals surface area (Å²) < 4.78 is 5.26. The van der Waals surface area contributed by atoms with Gasteiger partial charge in [-0.05, 0) is 58.2 Å². The number of nitrogens with one attached hydrogen (secondary N) is 2. The second-order valence-corrected chi connectivity index (χ2v) is 8.77. The third-order valence-corrected chi connectivity index (χ3v) is 4.83. The van der Waals surface area contributed by atoms with Gasteiger partial charge >= 0.3 is 6.09 Å². The number of hydrogen-bond acceptors (Lipinski definition) is 4. The van der Waals surface area contributed by atoms with Crippen LogP contribution < -0.4 is 10.6 Å². The molecule has 178 valence electrons. The summed E-state index contributed by atoms with van der Waals surface area (Å²) in [5.41, 5.74) is 0.869. The van der Waals surface area contributed by atoms with Gasteiger partial charge in [0.15, 0.2) is 0 Å². The van der Waals surface area contributed by atoms with Gasteiger partial charge in [-0.2, -0.15) is 0 Å². The van der Waals surface area contributed by atoms with Crippen LogP contribution in [0, 0.1) is 0 Å². The van der Waals surface area contributed by atoms with Crippen LogP contribution in [0.4, 0.5) is 4.79 Å². The van der Waals surface area contributed by atoms with Gasteiger partial charge in [0, 0.05) is 13.1 Å². The Balaban J connectivity index is 3.14. The molecular weight excluding hydrogens is 406 g/mol. The van der Waals surface area contributed by atoms with Gasteiger partial charge in [0.05, 0.1) is 0 Å². The van der Waals surface area contributed by atoms with Gasteiger partial charge in [0.25, 0.3) is 0 Å². The fraction of sp³-hybridized carbons (Fsp3) is 0.560. The summed E-state index contributed by atoms with van der Waals surface area (Å²) in [4.78, 5) is 40.1. The highest BCUT2D eigenvalue weighted by atomic mass is 16.6. The van der Waals surface area contributed by atoms with Crippen LogP contribution >= 0.6 is 0 Å². The summed E-state index contributed by atoms with van der Waals surface area (Å²) in [6.07, 6.45) is 3.96. The zero-order valence-electron chi connectivity index (χ0n) is 20.4. The molecule has 0 aliphatic carbocycles. The van der Waals surface area contributed by atoms with Crippen molar-refractivity contribution in [3.8, 4) is 0 Å². The molecule has 0 aliphatic rings. The number of benzene rings is 1. The van der Waals surface area contributed by atoms with Crippen LogP contribution in [-0.4, -0.2) is 47.5 Å². The van der Waals surface area contributed by atoms with Crippen LogP contribution in [0.2, 0.25) is 0 Å². The summed E-state index contributed by atoms with van der Waals surface area (Å²) in [5.74, 6) is -0.613. The molecule has 1 aromatic carbocycles. The molecule has 32 heavy (non-hydrogen) atoms. The van der Waals surface area contributed by atoms with E-state index in [0.29, 0.717) is 18.7 Å². The Bertz CT molecular complexity index is 786. The van der Waals surface area contributed by atoms with Crippen molar-refractivity contribution in [2.75, 3.05) is 13.1 Å². The first-order chi connectivity index (χ1) is 15.0. The van der Waals surface area contributed by atoms with Gasteiger partial charge in [0.2, 0.25) is 11.8 Å². The van der Waals surface area contributed by atoms with Crippen molar-refractivity contribution in [2.45, 2.75) is 78.5 Å². The smallest absolute Gasteiger partial charge is 0.408 e. The molecule has 0 spiro atoms. The normalized spacial score (nSPS) is 12.9. The molecule has 0 aliphatic heterocycles. The Morgan fingerprint density at radius 1 is 1.19 bits per heavy atom. The van der Waals surface area contributed by atoms with E-state index in [1.807, 2.05) is 31.2 Å². The summed E-state index contributed by atoms with van der Waals surface area (Å²) >= 11 is 0. The number of ether oxygens (including phenoxy) is 1. The molecule has 0 saturated heterocycles. The Kier molecular flexibility index (Phi) is 11.0. The van der Waals surface area contributed by atoms with E-state index >= 15 is 0 Å². The lowest BCUT2D eigenvalue weighted by Gasteiger charge is -2.33. The van der Waals surface area contributed by atoms with Crippen molar-refractivity contribution in [3.63, 3.8) is 0 Å². The van der Waals surface area contributed by atoms with E-state index in [1.54, 1.807) is 33.8 Å². The number of rotatable bonds is 11. The lowest BCUT2D eigenvalue weighted by atomic mass is 10.0. The quantitative estimate of drug-likeness (QED) is 0.493. The molecule has 0 radical (unpaired) electrons. The first-order valence-electron chi connectivity index (χ1n) is 11.3. The zero-order valence-corrected chi connectivity index (χ0v) is 20.4. The summed E-state index contributed by atoms with van der Waals surface area (Å²) in [6.45, 7) is 15.4. The minimum Gasteiger partial charge on any atom is -0.444 e. The van der Waals surface area contributed by atoms with Crippen LogP contribution in [-0.2, 0) is 14.3 Å². The third kappa shape index (κ3) is 8.73. The minimum atomic E-state index is -0.859. The van der Waals surface area contributed by atoms with E-state index in [-0.39, 0.29) is 11.8 Å². The van der Waals surface area contributed by atoms with Crippen LogP contribution in [0.15, 0.2) is 30.8 Å². The number of carbonyl (C=O) groups excluding carboxylic acids is 3. The van der Waals surface area contributed by atoms with Crippen LogP contribution in [0.5, 0.6) is 0 Å². The predicted molar refractivity (Wildman–Crippen MR) is 128 cm³/mol. The van der Waals surface area contributed by atoms with Crippen molar-refractivity contribution in [1.29, 1.82) is 0 Å². The Morgan fingerprint density at radius 3 is 2.44 bits per heavy atom. The number of hydrogen-bond donors (Lipinski definition) is 2. The Morgan fingerprint density at radius 2 is 1.88 bits per heavy atom. The average molecular weight is 446 g/mol. The molecule has 0 heterocycles. The van der Waals surface area contributed by atoms with Crippen molar-refractivity contribution in [1.82, 2.24) is 15.5 Å². The minimum absolute atomic E-state index is 0.248. The van der Waals surface area contributed by atoms with Gasteiger partial charge < -0.3 is 20.3 Å². The first-order valence-corrected chi connectivity index (χ1v) is 11.3. The highest BCUT2D eigenvalue weighted by molar-refractivity contribution is 5.92. The maximum atomic E-state index is 13.3. The topological polar surface area (TPSA) is 87.7 Å². The number of carbonyl (C=O) groups is 3. The molecule has 0 bridgehead atoms. The second-order valence-electron chi connectivity index (χ2n) is 8.77. The van der Waals surface area contributed by atoms with E-state index < -0.39 is 23.8 Å². The van der Waals surface area contributed by atoms with Gasteiger partial charge in [-0.3, -0.25) is 9.59 Å². The third-order valence-electron chi connectivity index (χ3n) is 4.83. The van der Waals surface area contributed by atoms with Gasteiger partial charge in [-0.15, -0.1) is 0 Å². The number of amides is 3.